The van der Waals surface area contributed by atoms with Crippen molar-refractivity contribution in [2.45, 2.75) is 50.7 Å². The zero-order valence-corrected chi connectivity index (χ0v) is 12.6. The van der Waals surface area contributed by atoms with Crippen molar-refractivity contribution in [3.05, 3.63) is 29.3 Å². The lowest BCUT2D eigenvalue weighted by Gasteiger charge is -2.38. The first-order valence-electron chi connectivity index (χ1n) is 7.86. The second kappa shape index (κ2) is 5.74. The van der Waals surface area contributed by atoms with Crippen LogP contribution in [-0.4, -0.2) is 25.9 Å². The van der Waals surface area contributed by atoms with E-state index in [1.54, 1.807) is 0 Å². The Kier molecular flexibility index (Phi) is 3.99. The van der Waals surface area contributed by atoms with Gasteiger partial charge in [-0.15, -0.1) is 0 Å². The second-order valence-electron chi connectivity index (χ2n) is 5.86. The maximum atomic E-state index is 6.24. The predicted octanol–water partition coefficient (Wildman–Crippen LogP) is 3.23. The molecule has 2 aliphatic rings. The molecule has 1 aliphatic carbocycles. The van der Waals surface area contributed by atoms with E-state index >= 15 is 0 Å². The Morgan fingerprint density at radius 1 is 1.35 bits per heavy atom. The summed E-state index contributed by atoms with van der Waals surface area (Å²) < 4.78 is 12.1. The quantitative estimate of drug-likeness (QED) is 0.895. The molecule has 0 bridgehead atoms. The van der Waals surface area contributed by atoms with Crippen LogP contribution in [0.1, 0.15) is 49.8 Å². The summed E-state index contributed by atoms with van der Waals surface area (Å²) in [6.45, 7) is 3.68. The SMILES string of the molecule is CCOC1(C(NC)c2cccc3c2OCC3)CCCC1. The molecule has 3 heteroatoms. The van der Waals surface area contributed by atoms with Crippen LogP contribution in [0, 0.1) is 0 Å². The number of para-hydroxylation sites is 1. The smallest absolute Gasteiger partial charge is 0.127 e. The fraction of sp³-hybridized carbons (Fsp3) is 0.647. The molecule has 1 aromatic carbocycles. The molecule has 1 unspecified atom stereocenters. The molecule has 1 aromatic rings. The van der Waals surface area contributed by atoms with E-state index in [0.717, 1.165) is 38.2 Å². The van der Waals surface area contributed by atoms with Gasteiger partial charge in [-0.3, -0.25) is 0 Å². The molecule has 1 heterocycles. The van der Waals surface area contributed by atoms with Gasteiger partial charge in [-0.1, -0.05) is 31.0 Å². The molecule has 110 valence electrons. The molecule has 0 radical (unpaired) electrons. The fourth-order valence-corrected chi connectivity index (χ4v) is 3.95. The number of rotatable bonds is 5. The van der Waals surface area contributed by atoms with Crippen molar-refractivity contribution >= 4 is 0 Å². The van der Waals surface area contributed by atoms with Gasteiger partial charge in [0.05, 0.1) is 18.2 Å². The van der Waals surface area contributed by atoms with Gasteiger partial charge < -0.3 is 14.8 Å². The molecule has 1 fully saturated rings. The number of likely N-dealkylation sites (N-methyl/N-ethyl adjacent to an activating group) is 1. The first-order valence-corrected chi connectivity index (χ1v) is 7.86. The van der Waals surface area contributed by atoms with Gasteiger partial charge in [0.1, 0.15) is 5.75 Å². The van der Waals surface area contributed by atoms with Crippen LogP contribution in [0.2, 0.25) is 0 Å². The maximum absolute atomic E-state index is 6.24. The van der Waals surface area contributed by atoms with Crippen molar-refractivity contribution in [1.29, 1.82) is 0 Å². The number of ether oxygens (including phenoxy) is 2. The van der Waals surface area contributed by atoms with Gasteiger partial charge in [0, 0.05) is 18.6 Å². The molecular weight excluding hydrogens is 250 g/mol. The van der Waals surface area contributed by atoms with Gasteiger partial charge in [-0.2, -0.15) is 0 Å². The third-order valence-electron chi connectivity index (χ3n) is 4.75. The molecule has 1 aliphatic heterocycles. The van der Waals surface area contributed by atoms with E-state index in [2.05, 4.69) is 30.4 Å². The van der Waals surface area contributed by atoms with Crippen molar-refractivity contribution in [2.75, 3.05) is 20.3 Å². The second-order valence-corrected chi connectivity index (χ2v) is 5.86. The van der Waals surface area contributed by atoms with Crippen molar-refractivity contribution in [2.24, 2.45) is 0 Å². The van der Waals surface area contributed by atoms with Crippen LogP contribution in [0.5, 0.6) is 5.75 Å². The molecule has 3 rings (SSSR count). The number of nitrogens with one attached hydrogen (secondary N) is 1. The number of hydrogen-bond donors (Lipinski definition) is 1. The summed E-state index contributed by atoms with van der Waals surface area (Å²) in [7, 11) is 2.04. The normalized spacial score (nSPS) is 21.5. The van der Waals surface area contributed by atoms with E-state index in [-0.39, 0.29) is 11.6 Å². The Hall–Kier alpha value is -1.06. The largest absolute Gasteiger partial charge is 0.493 e. The summed E-state index contributed by atoms with van der Waals surface area (Å²) in [5.74, 6) is 1.10. The number of benzene rings is 1. The first kappa shape index (κ1) is 13.9. The molecule has 3 nitrogen and oxygen atoms in total. The summed E-state index contributed by atoms with van der Waals surface area (Å²) in [5, 5.41) is 3.51. The molecule has 20 heavy (non-hydrogen) atoms. The zero-order valence-electron chi connectivity index (χ0n) is 12.6. The third-order valence-corrected chi connectivity index (χ3v) is 4.75. The van der Waals surface area contributed by atoms with Crippen LogP contribution < -0.4 is 10.1 Å². The molecular formula is C17H25NO2. The minimum atomic E-state index is -0.0649. The highest BCUT2D eigenvalue weighted by Gasteiger charge is 2.43. The van der Waals surface area contributed by atoms with Crippen LogP contribution in [0.25, 0.3) is 0 Å². The maximum Gasteiger partial charge on any atom is 0.127 e. The number of hydrogen-bond acceptors (Lipinski definition) is 3. The Balaban J connectivity index is 1.99. The van der Waals surface area contributed by atoms with Crippen molar-refractivity contribution in [3.63, 3.8) is 0 Å². The minimum Gasteiger partial charge on any atom is -0.493 e. The summed E-state index contributed by atoms with van der Waals surface area (Å²) in [4.78, 5) is 0. The lowest BCUT2D eigenvalue weighted by molar-refractivity contribution is -0.0614. The Bertz CT molecular complexity index is 466. The first-order chi connectivity index (χ1) is 9.80. The van der Waals surface area contributed by atoms with Gasteiger partial charge in [-0.05, 0) is 32.4 Å². The predicted molar refractivity (Wildman–Crippen MR) is 80.3 cm³/mol. The monoisotopic (exact) mass is 275 g/mol. The van der Waals surface area contributed by atoms with Gasteiger partial charge >= 0.3 is 0 Å². The van der Waals surface area contributed by atoms with Crippen LogP contribution in [0.4, 0.5) is 0 Å². The Labute approximate surface area is 121 Å². The Morgan fingerprint density at radius 3 is 2.85 bits per heavy atom. The van der Waals surface area contributed by atoms with E-state index in [1.807, 2.05) is 7.05 Å². The molecule has 1 atom stereocenters. The molecule has 0 saturated heterocycles. The summed E-state index contributed by atoms with van der Waals surface area (Å²) in [6.07, 6.45) is 5.81. The van der Waals surface area contributed by atoms with Crippen LogP contribution in [0.15, 0.2) is 18.2 Å². The zero-order chi connectivity index (χ0) is 14.0. The van der Waals surface area contributed by atoms with E-state index < -0.39 is 0 Å². The van der Waals surface area contributed by atoms with Crippen LogP contribution >= 0.6 is 0 Å². The highest BCUT2D eigenvalue weighted by molar-refractivity contribution is 5.46. The molecule has 0 aromatic heterocycles. The average Bonchev–Trinajstić information content (AvgIpc) is 3.10. The molecule has 1 N–H and O–H groups in total. The minimum absolute atomic E-state index is 0.0649. The number of fused-ring (bicyclic) bond motifs is 1. The third kappa shape index (κ3) is 2.23. The standard InChI is InChI=1S/C17H25NO2/c1-3-20-17(10-4-5-11-17)16(18-2)14-8-6-7-13-9-12-19-15(13)14/h6-8,16,18H,3-5,9-12H2,1-2H3. The lowest BCUT2D eigenvalue weighted by Crippen LogP contribution is -2.43. The summed E-state index contributed by atoms with van der Waals surface area (Å²) >= 11 is 0. The van der Waals surface area contributed by atoms with Crippen molar-refractivity contribution < 1.29 is 9.47 Å². The van der Waals surface area contributed by atoms with Gasteiger partial charge in [0.15, 0.2) is 0 Å². The van der Waals surface area contributed by atoms with Crippen molar-refractivity contribution in [1.82, 2.24) is 5.32 Å². The van der Waals surface area contributed by atoms with Gasteiger partial charge in [-0.25, -0.2) is 0 Å². The molecule has 1 saturated carbocycles. The Morgan fingerprint density at radius 2 is 2.15 bits per heavy atom. The molecule has 0 amide bonds. The van der Waals surface area contributed by atoms with E-state index in [0.29, 0.717) is 0 Å². The van der Waals surface area contributed by atoms with Crippen molar-refractivity contribution in [3.8, 4) is 5.75 Å². The lowest BCUT2D eigenvalue weighted by atomic mass is 9.85. The summed E-state index contributed by atoms with van der Waals surface area (Å²) in [5.41, 5.74) is 2.55. The van der Waals surface area contributed by atoms with E-state index in [1.165, 1.54) is 24.0 Å². The fourth-order valence-electron chi connectivity index (χ4n) is 3.95. The average molecular weight is 275 g/mol. The highest BCUT2D eigenvalue weighted by Crippen LogP contribution is 2.46. The van der Waals surface area contributed by atoms with E-state index in [9.17, 15) is 0 Å². The van der Waals surface area contributed by atoms with Gasteiger partial charge in [0.2, 0.25) is 0 Å². The topological polar surface area (TPSA) is 30.5 Å². The van der Waals surface area contributed by atoms with Crippen LogP contribution in [0.3, 0.4) is 0 Å². The summed E-state index contributed by atoms with van der Waals surface area (Å²) in [6, 6.07) is 6.75. The molecule has 0 spiro atoms. The van der Waals surface area contributed by atoms with Crippen LogP contribution in [-0.2, 0) is 11.2 Å². The van der Waals surface area contributed by atoms with E-state index in [4.69, 9.17) is 9.47 Å². The highest BCUT2D eigenvalue weighted by atomic mass is 16.5. The van der Waals surface area contributed by atoms with Gasteiger partial charge in [0.25, 0.3) is 0 Å².